The highest BCUT2D eigenvalue weighted by atomic mass is 32.1. The van der Waals surface area contributed by atoms with E-state index in [0.717, 1.165) is 0 Å². The lowest BCUT2D eigenvalue weighted by Gasteiger charge is -1.99. The van der Waals surface area contributed by atoms with E-state index < -0.39 is 0 Å². The maximum absolute atomic E-state index is 11.2. The number of hydrogen-bond donors (Lipinski definition) is 1. The van der Waals surface area contributed by atoms with E-state index in [1.54, 1.807) is 25.4 Å². The van der Waals surface area contributed by atoms with Crippen molar-refractivity contribution in [2.45, 2.75) is 6.92 Å². The quantitative estimate of drug-likeness (QED) is 0.562. The molecule has 0 aliphatic rings. The van der Waals surface area contributed by atoms with Crippen molar-refractivity contribution in [2.75, 3.05) is 6.61 Å². The first kappa shape index (κ1) is 8.93. The first-order valence-corrected chi connectivity index (χ1v) is 4.00. The van der Waals surface area contributed by atoms with Gasteiger partial charge in [-0.1, -0.05) is 12.2 Å². The third-order valence-electron chi connectivity index (χ3n) is 1.32. The molecule has 1 rings (SSSR count). The first-order chi connectivity index (χ1) is 5.75. The van der Waals surface area contributed by atoms with Gasteiger partial charge in [0.1, 0.15) is 0 Å². The topological polar surface area (TPSA) is 42.1 Å². The van der Waals surface area contributed by atoms with Crippen molar-refractivity contribution in [3.63, 3.8) is 0 Å². The molecule has 1 N–H and O–H groups in total. The molecule has 0 spiro atoms. The van der Waals surface area contributed by atoms with Gasteiger partial charge in [-0.2, -0.15) is 0 Å². The Hall–Kier alpha value is -1.16. The number of H-pyrrole nitrogens is 1. The molecule has 1 aromatic rings. The van der Waals surface area contributed by atoms with Crippen LogP contribution < -0.4 is 0 Å². The maximum Gasteiger partial charge on any atom is 0.341 e. The summed E-state index contributed by atoms with van der Waals surface area (Å²) in [5, 5.41) is 0. The van der Waals surface area contributed by atoms with Gasteiger partial charge in [0.2, 0.25) is 0 Å². The Bertz CT molecular complexity index is 332. The van der Waals surface area contributed by atoms with Crippen molar-refractivity contribution in [3.05, 3.63) is 28.5 Å². The Morgan fingerprint density at radius 1 is 1.75 bits per heavy atom. The fraction of sp³-hybridized carbons (Fsp3) is 0.250. The Balaban J connectivity index is 2.95. The second kappa shape index (κ2) is 4.01. The molecule has 0 saturated heterocycles. The van der Waals surface area contributed by atoms with Crippen LogP contribution in [0.4, 0.5) is 0 Å². The number of aromatic nitrogens is 1. The van der Waals surface area contributed by atoms with E-state index in [0.29, 0.717) is 16.7 Å². The lowest BCUT2D eigenvalue weighted by atomic mass is 10.3. The van der Waals surface area contributed by atoms with Crippen LogP contribution in [0.5, 0.6) is 0 Å². The zero-order valence-electron chi connectivity index (χ0n) is 6.66. The third-order valence-corrected chi connectivity index (χ3v) is 1.68. The number of ether oxygens (including phenoxy) is 1. The summed E-state index contributed by atoms with van der Waals surface area (Å²) in [5.41, 5.74) is 0.411. The zero-order chi connectivity index (χ0) is 8.97. The summed E-state index contributed by atoms with van der Waals surface area (Å²) >= 11 is 4.92. The molecule has 0 saturated carbocycles. The van der Waals surface area contributed by atoms with Gasteiger partial charge < -0.3 is 9.72 Å². The molecule has 1 heterocycles. The first-order valence-electron chi connectivity index (χ1n) is 3.60. The van der Waals surface area contributed by atoms with Gasteiger partial charge in [-0.05, 0) is 13.0 Å². The van der Waals surface area contributed by atoms with E-state index in [1.165, 1.54) is 0 Å². The Morgan fingerprint density at radius 3 is 3.08 bits per heavy atom. The van der Waals surface area contributed by atoms with Crippen molar-refractivity contribution < 1.29 is 9.53 Å². The van der Waals surface area contributed by atoms with Crippen molar-refractivity contribution in [2.24, 2.45) is 0 Å². The van der Waals surface area contributed by atoms with Crippen LogP contribution in [0.25, 0.3) is 0 Å². The molecule has 4 heteroatoms. The molecule has 1 aromatic heterocycles. The lowest BCUT2D eigenvalue weighted by Crippen LogP contribution is -2.05. The number of nitrogens with one attached hydrogen (secondary N) is 1. The predicted molar refractivity (Wildman–Crippen MR) is 47.6 cm³/mol. The smallest absolute Gasteiger partial charge is 0.341 e. The zero-order valence-corrected chi connectivity index (χ0v) is 7.48. The van der Waals surface area contributed by atoms with Crippen LogP contribution in [-0.4, -0.2) is 17.6 Å². The Morgan fingerprint density at radius 2 is 2.50 bits per heavy atom. The van der Waals surface area contributed by atoms with Crippen LogP contribution in [0.15, 0.2) is 18.5 Å². The average Bonchev–Trinajstić information content (AvgIpc) is 2.05. The number of aromatic amines is 1. The van der Waals surface area contributed by atoms with Crippen molar-refractivity contribution in [1.82, 2.24) is 4.98 Å². The Kier molecular flexibility index (Phi) is 2.99. The molecule has 0 aromatic carbocycles. The number of carbonyl (C=O) groups excluding carboxylic acids is 1. The average molecular weight is 183 g/mol. The summed E-state index contributed by atoms with van der Waals surface area (Å²) in [6.45, 7) is 2.12. The van der Waals surface area contributed by atoms with Crippen LogP contribution in [0.1, 0.15) is 17.3 Å². The summed E-state index contributed by atoms with van der Waals surface area (Å²) in [4.78, 5) is 13.9. The van der Waals surface area contributed by atoms with Crippen LogP contribution in [0.3, 0.4) is 0 Å². The van der Waals surface area contributed by atoms with Gasteiger partial charge in [-0.25, -0.2) is 4.79 Å². The maximum atomic E-state index is 11.2. The van der Waals surface area contributed by atoms with E-state index in [9.17, 15) is 4.79 Å². The standard InChI is InChI=1S/C8H9NO2S/c1-2-11-8(10)6-5-9-4-3-7(6)12/h3-5H,2H2,1H3,(H,9,12). The van der Waals surface area contributed by atoms with Gasteiger partial charge in [0.15, 0.2) is 0 Å². The fourth-order valence-electron chi connectivity index (χ4n) is 0.785. The van der Waals surface area contributed by atoms with Gasteiger partial charge in [0, 0.05) is 12.4 Å². The molecule has 0 aliphatic heterocycles. The summed E-state index contributed by atoms with van der Waals surface area (Å²) < 4.78 is 5.29. The van der Waals surface area contributed by atoms with Crippen LogP contribution in [0.2, 0.25) is 0 Å². The van der Waals surface area contributed by atoms with Gasteiger partial charge in [-0.3, -0.25) is 0 Å². The van der Waals surface area contributed by atoms with Crippen LogP contribution in [0, 0.1) is 4.51 Å². The molecule has 3 nitrogen and oxygen atoms in total. The number of hydrogen-bond acceptors (Lipinski definition) is 3. The minimum Gasteiger partial charge on any atom is -0.462 e. The van der Waals surface area contributed by atoms with Crippen molar-refractivity contribution in [1.29, 1.82) is 0 Å². The molecule has 0 bridgehead atoms. The highest BCUT2D eigenvalue weighted by Gasteiger charge is 2.06. The molecule has 12 heavy (non-hydrogen) atoms. The van der Waals surface area contributed by atoms with Crippen molar-refractivity contribution >= 4 is 18.2 Å². The summed E-state index contributed by atoms with van der Waals surface area (Å²) in [6.07, 6.45) is 3.21. The normalized spacial score (nSPS) is 9.42. The molecule has 0 aliphatic carbocycles. The molecule has 0 unspecified atom stereocenters. The van der Waals surface area contributed by atoms with Crippen LogP contribution in [-0.2, 0) is 4.74 Å². The lowest BCUT2D eigenvalue weighted by molar-refractivity contribution is 0.0525. The monoisotopic (exact) mass is 183 g/mol. The minimum absolute atomic E-state index is 0.364. The van der Waals surface area contributed by atoms with Crippen molar-refractivity contribution in [3.8, 4) is 0 Å². The van der Waals surface area contributed by atoms with Crippen LogP contribution >= 0.6 is 12.2 Å². The van der Waals surface area contributed by atoms with Gasteiger partial charge in [0.25, 0.3) is 0 Å². The second-order valence-electron chi connectivity index (χ2n) is 2.14. The fourth-order valence-corrected chi connectivity index (χ4v) is 0.995. The molecule has 0 radical (unpaired) electrons. The summed E-state index contributed by atoms with van der Waals surface area (Å²) in [6, 6.07) is 1.65. The molecular formula is C8H9NO2S. The largest absolute Gasteiger partial charge is 0.462 e. The van der Waals surface area contributed by atoms with Gasteiger partial charge in [-0.15, -0.1) is 0 Å². The van der Waals surface area contributed by atoms with E-state index in [4.69, 9.17) is 17.0 Å². The minimum atomic E-state index is -0.376. The highest BCUT2D eigenvalue weighted by Crippen LogP contribution is 2.02. The number of carbonyl (C=O) groups is 1. The predicted octanol–water partition coefficient (Wildman–Crippen LogP) is 1.92. The van der Waals surface area contributed by atoms with E-state index in [-0.39, 0.29) is 5.97 Å². The molecule has 0 atom stereocenters. The third kappa shape index (κ3) is 1.92. The number of pyridine rings is 1. The van der Waals surface area contributed by atoms with E-state index >= 15 is 0 Å². The molecule has 0 amide bonds. The molecule has 0 fully saturated rings. The SMILES string of the molecule is CCOC(=O)c1c[nH]ccc1=S. The highest BCUT2D eigenvalue weighted by molar-refractivity contribution is 7.71. The molecule has 64 valence electrons. The molecular weight excluding hydrogens is 174 g/mol. The van der Waals surface area contributed by atoms with E-state index in [1.807, 2.05) is 0 Å². The van der Waals surface area contributed by atoms with Gasteiger partial charge in [0.05, 0.1) is 16.7 Å². The second-order valence-corrected chi connectivity index (χ2v) is 2.58. The Labute approximate surface area is 75.4 Å². The number of esters is 1. The summed E-state index contributed by atoms with van der Waals surface area (Å²) in [7, 11) is 0. The van der Waals surface area contributed by atoms with E-state index in [2.05, 4.69) is 4.98 Å². The van der Waals surface area contributed by atoms with Gasteiger partial charge >= 0.3 is 5.97 Å². The number of rotatable bonds is 2. The summed E-state index contributed by atoms with van der Waals surface area (Å²) in [5.74, 6) is -0.376.